The Hall–Kier alpha value is -3.15. The van der Waals surface area contributed by atoms with Gasteiger partial charge in [0.25, 0.3) is 0 Å². The molecule has 2 rings (SSSR count). The molecule has 0 unspecified atom stereocenters. The third-order valence-electron chi connectivity index (χ3n) is 3.83. The van der Waals surface area contributed by atoms with E-state index in [0.29, 0.717) is 6.61 Å². The summed E-state index contributed by atoms with van der Waals surface area (Å²) in [6.45, 7) is 6.47. The van der Waals surface area contributed by atoms with E-state index in [1.807, 2.05) is 63.2 Å². The molecule has 6 nitrogen and oxygen atoms in total. The van der Waals surface area contributed by atoms with Crippen LogP contribution >= 0.6 is 0 Å². The smallest absolute Gasteiger partial charge is 0.240 e. The zero-order valence-electron chi connectivity index (χ0n) is 15.9. The van der Waals surface area contributed by atoms with Gasteiger partial charge in [-0.05, 0) is 62.2 Å². The summed E-state index contributed by atoms with van der Waals surface area (Å²) in [5.41, 5.74) is 6.16. The van der Waals surface area contributed by atoms with Crippen molar-refractivity contribution >= 4 is 23.7 Å². The molecule has 6 heteroatoms. The van der Waals surface area contributed by atoms with Gasteiger partial charge >= 0.3 is 0 Å². The molecule has 0 saturated heterocycles. The van der Waals surface area contributed by atoms with E-state index in [-0.39, 0.29) is 24.7 Å². The van der Waals surface area contributed by atoms with Crippen LogP contribution in [0.5, 0.6) is 5.75 Å². The van der Waals surface area contributed by atoms with Gasteiger partial charge in [-0.15, -0.1) is 0 Å². The zero-order chi connectivity index (χ0) is 19.6. The standard InChI is InChI=1S/C21H25N3O3/c1-4-27-18-8-6-17(7-9-18)14-22-24-21(26)12-11-20(25)23-19-10-5-15(2)13-16(19)3/h5-10,13-14H,4,11-12H2,1-3H3,(H,23,25)(H,24,26). The summed E-state index contributed by atoms with van der Waals surface area (Å²) < 4.78 is 5.36. The first-order chi connectivity index (χ1) is 13.0. The maximum Gasteiger partial charge on any atom is 0.240 e. The molecule has 0 aliphatic rings. The van der Waals surface area contributed by atoms with Crippen LogP contribution in [0.25, 0.3) is 0 Å². The Balaban J connectivity index is 1.74. The summed E-state index contributed by atoms with van der Waals surface area (Å²) in [7, 11) is 0. The van der Waals surface area contributed by atoms with Crippen molar-refractivity contribution in [3.8, 4) is 5.75 Å². The number of anilines is 1. The molecule has 0 spiro atoms. The fraction of sp³-hybridized carbons (Fsp3) is 0.286. The molecule has 0 bridgehead atoms. The molecule has 0 fully saturated rings. The Morgan fingerprint density at radius 2 is 1.74 bits per heavy atom. The highest BCUT2D eigenvalue weighted by molar-refractivity contribution is 5.94. The topological polar surface area (TPSA) is 79.8 Å². The van der Waals surface area contributed by atoms with Gasteiger partial charge in [-0.25, -0.2) is 5.43 Å². The minimum Gasteiger partial charge on any atom is -0.494 e. The summed E-state index contributed by atoms with van der Waals surface area (Å²) in [5.74, 6) is 0.272. The van der Waals surface area contributed by atoms with E-state index in [1.165, 1.54) is 0 Å². The molecule has 27 heavy (non-hydrogen) atoms. The number of rotatable bonds is 8. The number of hydrogen-bond acceptors (Lipinski definition) is 4. The van der Waals surface area contributed by atoms with Crippen molar-refractivity contribution in [1.29, 1.82) is 0 Å². The molecule has 0 radical (unpaired) electrons. The quantitative estimate of drug-likeness (QED) is 0.553. The molecule has 2 N–H and O–H groups in total. The minimum atomic E-state index is -0.312. The maximum absolute atomic E-state index is 12.0. The number of nitrogens with zero attached hydrogens (tertiary/aromatic N) is 1. The molecular weight excluding hydrogens is 342 g/mol. The Labute approximate surface area is 159 Å². The van der Waals surface area contributed by atoms with Crippen LogP contribution in [-0.4, -0.2) is 24.6 Å². The van der Waals surface area contributed by atoms with Crippen LogP contribution in [0.2, 0.25) is 0 Å². The van der Waals surface area contributed by atoms with Gasteiger partial charge in [-0.2, -0.15) is 5.10 Å². The molecule has 0 saturated carbocycles. The van der Waals surface area contributed by atoms with Gasteiger partial charge in [0.2, 0.25) is 11.8 Å². The lowest BCUT2D eigenvalue weighted by molar-refractivity contribution is -0.124. The van der Waals surface area contributed by atoms with Gasteiger partial charge < -0.3 is 10.1 Å². The third kappa shape index (κ3) is 6.93. The Morgan fingerprint density at radius 3 is 2.41 bits per heavy atom. The highest BCUT2D eigenvalue weighted by Crippen LogP contribution is 2.16. The number of ether oxygens (including phenoxy) is 1. The number of hydrazone groups is 1. The van der Waals surface area contributed by atoms with Gasteiger partial charge in [0.1, 0.15) is 5.75 Å². The van der Waals surface area contributed by atoms with E-state index in [0.717, 1.165) is 28.1 Å². The molecule has 0 aromatic heterocycles. The first kappa shape index (κ1) is 20.2. The van der Waals surface area contributed by atoms with Crippen LogP contribution in [0.3, 0.4) is 0 Å². The molecule has 2 amide bonds. The van der Waals surface area contributed by atoms with Crippen LogP contribution < -0.4 is 15.5 Å². The minimum absolute atomic E-state index is 0.0668. The predicted molar refractivity (Wildman–Crippen MR) is 107 cm³/mol. The first-order valence-electron chi connectivity index (χ1n) is 8.90. The molecule has 2 aromatic rings. The van der Waals surface area contributed by atoms with Crippen molar-refractivity contribution < 1.29 is 14.3 Å². The molecule has 0 aliphatic heterocycles. The lowest BCUT2D eigenvalue weighted by Gasteiger charge is -2.08. The average molecular weight is 367 g/mol. The van der Waals surface area contributed by atoms with Gasteiger partial charge in [0, 0.05) is 18.5 Å². The van der Waals surface area contributed by atoms with Crippen LogP contribution in [0.15, 0.2) is 47.6 Å². The number of benzene rings is 2. The van der Waals surface area contributed by atoms with Crippen molar-refractivity contribution in [3.05, 3.63) is 59.2 Å². The van der Waals surface area contributed by atoms with Crippen molar-refractivity contribution in [2.45, 2.75) is 33.6 Å². The highest BCUT2D eigenvalue weighted by atomic mass is 16.5. The van der Waals surface area contributed by atoms with Gasteiger partial charge in [-0.1, -0.05) is 17.7 Å². The van der Waals surface area contributed by atoms with E-state index >= 15 is 0 Å². The number of carbonyl (C=O) groups is 2. The lowest BCUT2D eigenvalue weighted by Crippen LogP contribution is -2.20. The largest absolute Gasteiger partial charge is 0.494 e. The van der Waals surface area contributed by atoms with E-state index in [2.05, 4.69) is 15.8 Å². The Morgan fingerprint density at radius 1 is 1.04 bits per heavy atom. The molecular formula is C21H25N3O3. The summed E-state index contributed by atoms with van der Waals surface area (Å²) >= 11 is 0. The second-order valence-corrected chi connectivity index (χ2v) is 6.16. The second kappa shape index (κ2) is 10.1. The summed E-state index contributed by atoms with van der Waals surface area (Å²) in [4.78, 5) is 23.8. The van der Waals surface area contributed by atoms with Crippen molar-refractivity contribution in [2.24, 2.45) is 5.10 Å². The number of aryl methyl sites for hydroxylation is 2. The van der Waals surface area contributed by atoms with Crippen molar-refractivity contribution in [2.75, 3.05) is 11.9 Å². The van der Waals surface area contributed by atoms with Crippen LogP contribution in [-0.2, 0) is 9.59 Å². The summed E-state index contributed by atoms with van der Waals surface area (Å²) in [6, 6.07) is 13.2. The van der Waals surface area contributed by atoms with Crippen LogP contribution in [0.4, 0.5) is 5.69 Å². The fourth-order valence-electron chi connectivity index (χ4n) is 2.45. The van der Waals surface area contributed by atoms with Gasteiger partial charge in [0.05, 0.1) is 12.8 Å². The molecule has 0 aliphatic carbocycles. The normalized spacial score (nSPS) is 10.6. The Kier molecular flexibility index (Phi) is 7.55. The first-order valence-corrected chi connectivity index (χ1v) is 8.90. The van der Waals surface area contributed by atoms with E-state index in [4.69, 9.17) is 4.74 Å². The molecule has 0 heterocycles. The summed E-state index contributed by atoms with van der Waals surface area (Å²) in [6.07, 6.45) is 1.71. The van der Waals surface area contributed by atoms with Gasteiger partial charge in [0.15, 0.2) is 0 Å². The number of amides is 2. The zero-order valence-corrected chi connectivity index (χ0v) is 15.9. The number of hydrogen-bond donors (Lipinski definition) is 2. The number of carbonyl (C=O) groups excluding carboxylic acids is 2. The highest BCUT2D eigenvalue weighted by Gasteiger charge is 2.08. The maximum atomic E-state index is 12.0. The van der Waals surface area contributed by atoms with E-state index in [9.17, 15) is 9.59 Å². The van der Waals surface area contributed by atoms with Crippen molar-refractivity contribution in [3.63, 3.8) is 0 Å². The molecule has 0 atom stereocenters. The molecule has 142 valence electrons. The number of nitrogens with one attached hydrogen (secondary N) is 2. The van der Waals surface area contributed by atoms with Gasteiger partial charge in [-0.3, -0.25) is 9.59 Å². The molecule has 2 aromatic carbocycles. The third-order valence-corrected chi connectivity index (χ3v) is 3.83. The van der Waals surface area contributed by atoms with Crippen LogP contribution in [0, 0.1) is 13.8 Å². The monoisotopic (exact) mass is 367 g/mol. The second-order valence-electron chi connectivity index (χ2n) is 6.16. The average Bonchev–Trinajstić information content (AvgIpc) is 2.64. The van der Waals surface area contributed by atoms with E-state index < -0.39 is 0 Å². The SMILES string of the molecule is CCOc1ccc(C=NNC(=O)CCC(=O)Nc2ccc(C)cc2C)cc1. The van der Waals surface area contributed by atoms with Crippen LogP contribution in [0.1, 0.15) is 36.5 Å². The Bertz CT molecular complexity index is 814. The lowest BCUT2D eigenvalue weighted by atomic mass is 10.1. The fourth-order valence-corrected chi connectivity index (χ4v) is 2.45. The predicted octanol–water partition coefficient (Wildman–Crippen LogP) is 3.57. The van der Waals surface area contributed by atoms with Crippen molar-refractivity contribution in [1.82, 2.24) is 5.43 Å². The summed E-state index contributed by atoms with van der Waals surface area (Å²) in [5, 5.41) is 6.73. The van der Waals surface area contributed by atoms with E-state index in [1.54, 1.807) is 6.21 Å².